The lowest BCUT2D eigenvalue weighted by Gasteiger charge is -2.34. The highest BCUT2D eigenvalue weighted by Crippen LogP contribution is 2.27. The van der Waals surface area contributed by atoms with Gasteiger partial charge in [0.25, 0.3) is 0 Å². The SMILES string of the molecule is CN(C(=O)N1CCC(OCCC(=O)O)CC1)C1CC1. The Morgan fingerprint density at radius 1 is 1.26 bits per heavy atom. The van der Waals surface area contributed by atoms with Crippen molar-refractivity contribution in [1.29, 1.82) is 0 Å². The van der Waals surface area contributed by atoms with Gasteiger partial charge in [-0.3, -0.25) is 4.79 Å². The number of piperidine rings is 1. The van der Waals surface area contributed by atoms with Crippen LogP contribution in [0.25, 0.3) is 0 Å². The number of amides is 2. The number of ether oxygens (including phenoxy) is 1. The zero-order chi connectivity index (χ0) is 13.8. The van der Waals surface area contributed by atoms with E-state index in [0.717, 1.165) is 25.7 Å². The van der Waals surface area contributed by atoms with Crippen LogP contribution in [0.4, 0.5) is 4.79 Å². The van der Waals surface area contributed by atoms with Gasteiger partial charge in [0.2, 0.25) is 0 Å². The quantitative estimate of drug-likeness (QED) is 0.813. The van der Waals surface area contributed by atoms with Gasteiger partial charge in [-0.25, -0.2) is 4.79 Å². The Morgan fingerprint density at radius 2 is 1.89 bits per heavy atom. The van der Waals surface area contributed by atoms with Crippen LogP contribution in [0, 0.1) is 0 Å². The minimum Gasteiger partial charge on any atom is -0.481 e. The molecule has 0 aromatic heterocycles. The molecule has 2 fully saturated rings. The molecule has 1 aliphatic heterocycles. The van der Waals surface area contributed by atoms with Gasteiger partial charge >= 0.3 is 12.0 Å². The number of urea groups is 1. The van der Waals surface area contributed by atoms with Crippen LogP contribution in [-0.2, 0) is 9.53 Å². The van der Waals surface area contributed by atoms with Crippen LogP contribution >= 0.6 is 0 Å². The number of carboxylic acid groups (broad SMARTS) is 1. The fourth-order valence-corrected chi connectivity index (χ4v) is 2.37. The summed E-state index contributed by atoms with van der Waals surface area (Å²) in [6, 6.07) is 0.559. The first kappa shape index (κ1) is 14.1. The van der Waals surface area contributed by atoms with Gasteiger partial charge in [-0.15, -0.1) is 0 Å². The second-order valence-electron chi connectivity index (χ2n) is 5.33. The van der Waals surface area contributed by atoms with E-state index >= 15 is 0 Å². The normalized spacial score (nSPS) is 20.4. The highest BCUT2D eigenvalue weighted by atomic mass is 16.5. The average Bonchev–Trinajstić information content (AvgIpc) is 3.22. The van der Waals surface area contributed by atoms with E-state index in [2.05, 4.69) is 0 Å². The Labute approximate surface area is 113 Å². The van der Waals surface area contributed by atoms with Gasteiger partial charge in [-0.2, -0.15) is 0 Å². The molecular formula is C13H22N2O4. The Balaban J connectivity index is 1.66. The van der Waals surface area contributed by atoms with Crippen molar-refractivity contribution in [3.63, 3.8) is 0 Å². The van der Waals surface area contributed by atoms with Crippen LogP contribution in [0.5, 0.6) is 0 Å². The Bertz CT molecular complexity index is 336. The Morgan fingerprint density at radius 3 is 2.42 bits per heavy atom. The fourth-order valence-electron chi connectivity index (χ4n) is 2.37. The van der Waals surface area contributed by atoms with Crippen molar-refractivity contribution in [3.8, 4) is 0 Å². The second-order valence-corrected chi connectivity index (χ2v) is 5.33. The summed E-state index contributed by atoms with van der Waals surface area (Å²) >= 11 is 0. The molecule has 1 aliphatic carbocycles. The van der Waals surface area contributed by atoms with E-state index < -0.39 is 5.97 Å². The highest BCUT2D eigenvalue weighted by Gasteiger charge is 2.33. The standard InChI is InChI=1S/C13H22N2O4/c1-14(10-2-3-10)13(18)15-7-4-11(5-8-15)19-9-6-12(16)17/h10-11H,2-9H2,1H3,(H,16,17). The molecule has 0 atom stereocenters. The number of aliphatic carboxylic acids is 1. The molecule has 0 aromatic carbocycles. The molecule has 2 amide bonds. The summed E-state index contributed by atoms with van der Waals surface area (Å²) in [5.41, 5.74) is 0. The van der Waals surface area contributed by atoms with E-state index in [1.165, 1.54) is 0 Å². The first-order valence-electron chi connectivity index (χ1n) is 6.93. The summed E-state index contributed by atoms with van der Waals surface area (Å²) in [4.78, 5) is 26.2. The topological polar surface area (TPSA) is 70.1 Å². The molecule has 0 spiro atoms. The third-order valence-electron chi connectivity index (χ3n) is 3.78. The summed E-state index contributed by atoms with van der Waals surface area (Å²) in [7, 11) is 1.87. The van der Waals surface area contributed by atoms with Gasteiger partial charge in [0, 0.05) is 26.2 Å². The van der Waals surface area contributed by atoms with Crippen molar-refractivity contribution in [2.24, 2.45) is 0 Å². The van der Waals surface area contributed by atoms with Gasteiger partial charge in [-0.1, -0.05) is 0 Å². The maximum absolute atomic E-state index is 12.1. The van der Waals surface area contributed by atoms with Gasteiger partial charge in [0.15, 0.2) is 0 Å². The molecule has 1 saturated heterocycles. The summed E-state index contributed by atoms with van der Waals surface area (Å²) in [5, 5.41) is 8.54. The van der Waals surface area contributed by atoms with Crippen molar-refractivity contribution in [3.05, 3.63) is 0 Å². The molecule has 19 heavy (non-hydrogen) atoms. The lowest BCUT2D eigenvalue weighted by molar-refractivity contribution is -0.138. The maximum Gasteiger partial charge on any atom is 0.319 e. The first-order valence-corrected chi connectivity index (χ1v) is 6.93. The van der Waals surface area contributed by atoms with Crippen LogP contribution in [0.15, 0.2) is 0 Å². The van der Waals surface area contributed by atoms with Crippen molar-refractivity contribution in [1.82, 2.24) is 9.80 Å². The number of rotatable bonds is 5. The number of hydrogen-bond donors (Lipinski definition) is 1. The number of nitrogens with zero attached hydrogens (tertiary/aromatic N) is 2. The molecule has 1 N–H and O–H groups in total. The van der Waals surface area contributed by atoms with Gasteiger partial charge < -0.3 is 19.6 Å². The molecule has 0 aromatic rings. The number of carbonyl (C=O) groups is 2. The van der Waals surface area contributed by atoms with E-state index in [-0.39, 0.29) is 25.2 Å². The summed E-state index contributed by atoms with van der Waals surface area (Å²) in [6.07, 6.45) is 3.97. The maximum atomic E-state index is 12.1. The molecule has 2 rings (SSSR count). The molecule has 1 saturated carbocycles. The first-order chi connectivity index (χ1) is 9.08. The van der Waals surface area contributed by atoms with Crippen LogP contribution in [-0.4, -0.2) is 65.8 Å². The van der Waals surface area contributed by atoms with Crippen LogP contribution < -0.4 is 0 Å². The van der Waals surface area contributed by atoms with Gasteiger partial charge in [0.05, 0.1) is 19.1 Å². The molecule has 1 heterocycles. The van der Waals surface area contributed by atoms with Crippen molar-refractivity contribution in [2.75, 3.05) is 26.7 Å². The number of likely N-dealkylation sites (tertiary alicyclic amines) is 1. The molecule has 6 heteroatoms. The highest BCUT2D eigenvalue weighted by molar-refractivity contribution is 5.75. The Hall–Kier alpha value is -1.30. The third-order valence-corrected chi connectivity index (χ3v) is 3.78. The molecule has 2 aliphatic rings. The van der Waals surface area contributed by atoms with Crippen LogP contribution in [0.3, 0.4) is 0 Å². The van der Waals surface area contributed by atoms with Crippen molar-refractivity contribution < 1.29 is 19.4 Å². The average molecular weight is 270 g/mol. The van der Waals surface area contributed by atoms with E-state index in [1.54, 1.807) is 0 Å². The van der Waals surface area contributed by atoms with Crippen molar-refractivity contribution in [2.45, 2.75) is 44.2 Å². The lowest BCUT2D eigenvalue weighted by Crippen LogP contribution is -2.47. The van der Waals surface area contributed by atoms with Gasteiger partial charge in [0.1, 0.15) is 0 Å². The van der Waals surface area contributed by atoms with E-state index in [0.29, 0.717) is 19.1 Å². The third kappa shape index (κ3) is 4.09. The number of carbonyl (C=O) groups excluding carboxylic acids is 1. The molecule has 6 nitrogen and oxygen atoms in total. The molecule has 0 radical (unpaired) electrons. The second kappa shape index (κ2) is 6.23. The van der Waals surface area contributed by atoms with Crippen molar-refractivity contribution >= 4 is 12.0 Å². The van der Waals surface area contributed by atoms with E-state index in [9.17, 15) is 9.59 Å². The molecule has 108 valence electrons. The zero-order valence-corrected chi connectivity index (χ0v) is 11.4. The molecule has 0 unspecified atom stereocenters. The fraction of sp³-hybridized carbons (Fsp3) is 0.846. The number of hydrogen-bond acceptors (Lipinski definition) is 3. The smallest absolute Gasteiger partial charge is 0.319 e. The van der Waals surface area contributed by atoms with E-state index in [4.69, 9.17) is 9.84 Å². The monoisotopic (exact) mass is 270 g/mol. The zero-order valence-electron chi connectivity index (χ0n) is 11.4. The van der Waals surface area contributed by atoms with E-state index in [1.807, 2.05) is 16.8 Å². The molecular weight excluding hydrogens is 248 g/mol. The molecule has 0 bridgehead atoms. The van der Waals surface area contributed by atoms with Gasteiger partial charge in [-0.05, 0) is 25.7 Å². The predicted octanol–water partition coefficient (Wildman–Crippen LogP) is 1.16. The minimum atomic E-state index is -0.835. The minimum absolute atomic E-state index is 0.0452. The largest absolute Gasteiger partial charge is 0.481 e. The lowest BCUT2D eigenvalue weighted by atomic mass is 10.1. The summed E-state index contributed by atoms with van der Waals surface area (Å²) < 4.78 is 5.51. The Kier molecular flexibility index (Phi) is 4.63. The van der Waals surface area contributed by atoms with Crippen LogP contribution in [0.2, 0.25) is 0 Å². The predicted molar refractivity (Wildman–Crippen MR) is 69.0 cm³/mol. The summed E-state index contributed by atoms with van der Waals surface area (Å²) in [6.45, 7) is 1.66. The summed E-state index contributed by atoms with van der Waals surface area (Å²) in [5.74, 6) is -0.835. The van der Waals surface area contributed by atoms with Crippen LogP contribution in [0.1, 0.15) is 32.1 Å². The number of carboxylic acids is 1.